The normalized spacial score (nSPS) is 17.4. The van der Waals surface area contributed by atoms with Crippen molar-refractivity contribution in [2.45, 2.75) is 25.3 Å². The van der Waals surface area contributed by atoms with Crippen LogP contribution in [0.1, 0.15) is 40.5 Å². The van der Waals surface area contributed by atoms with Gasteiger partial charge in [-0.3, -0.25) is 9.48 Å². The van der Waals surface area contributed by atoms with Crippen molar-refractivity contribution < 1.29 is 4.79 Å². The van der Waals surface area contributed by atoms with Crippen molar-refractivity contribution in [3.05, 3.63) is 49.8 Å². The summed E-state index contributed by atoms with van der Waals surface area (Å²) in [6, 6.07) is 5.47. The van der Waals surface area contributed by atoms with Crippen molar-refractivity contribution in [1.29, 1.82) is 0 Å². The number of hydrogen-bond donors (Lipinski definition) is 1. The summed E-state index contributed by atoms with van der Waals surface area (Å²) >= 11 is 8.34. The van der Waals surface area contributed by atoms with Gasteiger partial charge in [-0.15, -0.1) is 0 Å². The lowest BCUT2D eigenvalue weighted by Gasteiger charge is -2.24. The van der Waals surface area contributed by atoms with Crippen LogP contribution in [0.3, 0.4) is 0 Å². The van der Waals surface area contributed by atoms with Crippen molar-refractivity contribution in [3.63, 3.8) is 0 Å². The number of aryl methyl sites for hydroxylation is 1. The largest absolute Gasteiger partial charge is 0.345 e. The van der Waals surface area contributed by atoms with Gasteiger partial charge >= 0.3 is 0 Å². The van der Waals surface area contributed by atoms with Gasteiger partial charge in [0.25, 0.3) is 5.91 Å². The first-order chi connectivity index (χ1) is 10.1. The lowest BCUT2D eigenvalue weighted by Crippen LogP contribution is -2.31. The van der Waals surface area contributed by atoms with E-state index in [4.69, 9.17) is 11.6 Å². The van der Waals surface area contributed by atoms with Gasteiger partial charge in [0.05, 0.1) is 22.8 Å². The molecule has 0 fully saturated rings. The van der Waals surface area contributed by atoms with E-state index in [1.54, 1.807) is 12.1 Å². The van der Waals surface area contributed by atoms with Crippen LogP contribution in [0.5, 0.6) is 0 Å². The average molecular weight is 416 g/mol. The van der Waals surface area contributed by atoms with Crippen LogP contribution in [-0.4, -0.2) is 15.7 Å². The monoisotopic (exact) mass is 415 g/mol. The fraction of sp³-hybridized carbons (Fsp3) is 0.333. The predicted octanol–water partition coefficient (Wildman–Crippen LogP) is 3.49. The van der Waals surface area contributed by atoms with Crippen LogP contribution in [0.4, 0.5) is 0 Å². The van der Waals surface area contributed by atoms with Gasteiger partial charge in [-0.1, -0.05) is 11.6 Å². The first kappa shape index (κ1) is 14.8. The van der Waals surface area contributed by atoms with Crippen molar-refractivity contribution in [2.24, 2.45) is 7.05 Å². The minimum absolute atomic E-state index is 0.0188. The molecule has 1 aromatic heterocycles. The molecule has 3 rings (SSSR count). The SMILES string of the molecule is Cn1ncc2c1CCCC2NC(=O)c1ccc(I)cc1Cl. The lowest BCUT2D eigenvalue weighted by atomic mass is 9.93. The highest BCUT2D eigenvalue weighted by Crippen LogP contribution is 2.30. The summed E-state index contributed by atoms with van der Waals surface area (Å²) in [5.74, 6) is -0.127. The summed E-state index contributed by atoms with van der Waals surface area (Å²) in [4.78, 5) is 12.4. The molecular formula is C15H15ClIN3O. The molecule has 0 saturated carbocycles. The number of aromatic nitrogens is 2. The first-order valence-electron chi connectivity index (χ1n) is 6.83. The second-order valence-electron chi connectivity index (χ2n) is 5.21. The van der Waals surface area contributed by atoms with Crippen molar-refractivity contribution in [1.82, 2.24) is 15.1 Å². The summed E-state index contributed by atoms with van der Waals surface area (Å²) in [6.07, 6.45) is 4.86. The molecule has 1 amide bonds. The Balaban J connectivity index is 1.82. The van der Waals surface area contributed by atoms with Crippen LogP contribution in [0.25, 0.3) is 0 Å². The van der Waals surface area contributed by atoms with E-state index in [0.717, 1.165) is 28.4 Å². The van der Waals surface area contributed by atoms with Crippen LogP contribution >= 0.6 is 34.2 Å². The molecule has 0 saturated heterocycles. The molecule has 1 aliphatic carbocycles. The van der Waals surface area contributed by atoms with E-state index >= 15 is 0 Å². The van der Waals surface area contributed by atoms with E-state index in [1.807, 2.05) is 24.0 Å². The molecule has 110 valence electrons. The fourth-order valence-corrected chi connectivity index (χ4v) is 3.71. The zero-order valence-corrected chi connectivity index (χ0v) is 14.5. The second kappa shape index (κ2) is 5.96. The molecule has 1 atom stereocenters. The van der Waals surface area contributed by atoms with E-state index in [-0.39, 0.29) is 11.9 Å². The van der Waals surface area contributed by atoms with E-state index in [2.05, 4.69) is 33.0 Å². The molecular weight excluding hydrogens is 401 g/mol. The molecule has 4 nitrogen and oxygen atoms in total. The molecule has 1 heterocycles. The third-order valence-corrected chi connectivity index (χ3v) is 4.84. The number of carbonyl (C=O) groups is 1. The molecule has 21 heavy (non-hydrogen) atoms. The van der Waals surface area contributed by atoms with Crippen molar-refractivity contribution >= 4 is 40.1 Å². The minimum Gasteiger partial charge on any atom is -0.345 e. The quantitative estimate of drug-likeness (QED) is 0.763. The van der Waals surface area contributed by atoms with Crippen LogP contribution in [-0.2, 0) is 13.5 Å². The van der Waals surface area contributed by atoms with Gasteiger partial charge in [0.15, 0.2) is 0 Å². The maximum absolute atomic E-state index is 12.4. The molecule has 1 unspecified atom stereocenters. The van der Waals surface area contributed by atoms with Gasteiger partial charge in [0.2, 0.25) is 0 Å². The fourth-order valence-electron chi connectivity index (χ4n) is 2.77. The minimum atomic E-state index is -0.127. The molecule has 0 aliphatic heterocycles. The smallest absolute Gasteiger partial charge is 0.253 e. The van der Waals surface area contributed by atoms with Crippen LogP contribution in [0.2, 0.25) is 5.02 Å². The standard InChI is InChI=1S/C15H15ClIN3O/c1-20-14-4-2-3-13(11(14)8-18-20)19-15(21)10-6-5-9(17)7-12(10)16/h5-8,13H,2-4H2,1H3,(H,19,21). The molecule has 1 aromatic carbocycles. The molecule has 0 bridgehead atoms. The van der Waals surface area contributed by atoms with Gasteiger partial charge in [-0.05, 0) is 60.1 Å². The topological polar surface area (TPSA) is 46.9 Å². The Bertz CT molecular complexity index is 698. The Morgan fingerprint density at radius 3 is 3.10 bits per heavy atom. The van der Waals surface area contributed by atoms with Crippen LogP contribution < -0.4 is 5.32 Å². The Hall–Kier alpha value is -1.08. The Labute approximate surface area is 142 Å². The summed E-state index contributed by atoms with van der Waals surface area (Å²) in [5.41, 5.74) is 2.85. The zero-order chi connectivity index (χ0) is 15.0. The highest BCUT2D eigenvalue weighted by molar-refractivity contribution is 14.1. The number of rotatable bonds is 2. The number of carbonyl (C=O) groups excluding carboxylic acids is 1. The van der Waals surface area contributed by atoms with Crippen molar-refractivity contribution in [3.8, 4) is 0 Å². The number of halogens is 2. The van der Waals surface area contributed by atoms with E-state index in [9.17, 15) is 4.79 Å². The molecule has 1 aliphatic rings. The highest BCUT2D eigenvalue weighted by Gasteiger charge is 2.25. The Morgan fingerprint density at radius 1 is 1.52 bits per heavy atom. The average Bonchev–Trinajstić information content (AvgIpc) is 2.81. The number of fused-ring (bicyclic) bond motifs is 1. The maximum atomic E-state index is 12.4. The third-order valence-electron chi connectivity index (χ3n) is 3.86. The predicted molar refractivity (Wildman–Crippen MR) is 90.5 cm³/mol. The third kappa shape index (κ3) is 2.94. The summed E-state index contributed by atoms with van der Waals surface area (Å²) in [7, 11) is 1.94. The number of hydrogen-bond acceptors (Lipinski definition) is 2. The van der Waals surface area contributed by atoms with E-state index < -0.39 is 0 Å². The van der Waals surface area contributed by atoms with Crippen LogP contribution in [0, 0.1) is 3.57 Å². The Morgan fingerprint density at radius 2 is 2.33 bits per heavy atom. The van der Waals surface area contributed by atoms with E-state index in [0.29, 0.717) is 10.6 Å². The lowest BCUT2D eigenvalue weighted by molar-refractivity contribution is 0.0933. The van der Waals surface area contributed by atoms with Crippen LogP contribution in [0.15, 0.2) is 24.4 Å². The van der Waals surface area contributed by atoms with Gasteiger partial charge in [-0.2, -0.15) is 5.10 Å². The zero-order valence-electron chi connectivity index (χ0n) is 11.6. The highest BCUT2D eigenvalue weighted by atomic mass is 127. The van der Waals surface area contributed by atoms with Gasteiger partial charge in [0.1, 0.15) is 0 Å². The summed E-state index contributed by atoms with van der Waals surface area (Å²) in [6.45, 7) is 0. The summed E-state index contributed by atoms with van der Waals surface area (Å²) in [5, 5.41) is 7.87. The molecule has 0 radical (unpaired) electrons. The van der Waals surface area contributed by atoms with Gasteiger partial charge in [-0.25, -0.2) is 0 Å². The second-order valence-corrected chi connectivity index (χ2v) is 6.87. The van der Waals surface area contributed by atoms with Gasteiger partial charge < -0.3 is 5.32 Å². The first-order valence-corrected chi connectivity index (χ1v) is 8.28. The van der Waals surface area contributed by atoms with Crippen molar-refractivity contribution in [2.75, 3.05) is 0 Å². The molecule has 6 heteroatoms. The van der Waals surface area contributed by atoms with E-state index in [1.165, 1.54) is 5.69 Å². The number of nitrogens with zero attached hydrogens (tertiary/aromatic N) is 2. The number of benzene rings is 1. The van der Waals surface area contributed by atoms with Gasteiger partial charge in [0, 0.05) is 21.9 Å². The molecule has 2 aromatic rings. The maximum Gasteiger partial charge on any atom is 0.253 e. The summed E-state index contributed by atoms with van der Waals surface area (Å²) < 4.78 is 2.91. The molecule has 1 N–H and O–H groups in total. The molecule has 0 spiro atoms. The number of nitrogens with one attached hydrogen (secondary N) is 1. The number of amides is 1. The Kier molecular flexibility index (Phi) is 4.21.